The summed E-state index contributed by atoms with van der Waals surface area (Å²) in [6, 6.07) is 0. The molecule has 0 aromatic rings. The summed E-state index contributed by atoms with van der Waals surface area (Å²) in [4.78, 5) is 23.0. The minimum absolute atomic E-state index is 0.0689. The van der Waals surface area contributed by atoms with E-state index in [9.17, 15) is 9.59 Å². The van der Waals surface area contributed by atoms with E-state index in [-0.39, 0.29) is 11.9 Å². The smallest absolute Gasteiger partial charge is 0.305 e. The van der Waals surface area contributed by atoms with Gasteiger partial charge in [0, 0.05) is 12.8 Å². The Morgan fingerprint density at radius 3 is 1.67 bits per heavy atom. The summed E-state index contributed by atoms with van der Waals surface area (Å²) >= 11 is 0. The van der Waals surface area contributed by atoms with E-state index in [2.05, 4.69) is 19.1 Å². The molecule has 0 amide bonds. The molecule has 0 saturated heterocycles. The highest BCUT2D eigenvalue weighted by atomic mass is 16.5. The van der Waals surface area contributed by atoms with Gasteiger partial charge in [0.1, 0.15) is 0 Å². The summed E-state index contributed by atoms with van der Waals surface area (Å²) in [6.45, 7) is 5.28. The predicted molar refractivity (Wildman–Crippen MR) is 112 cm³/mol. The Hall–Kier alpha value is -1.32. The highest BCUT2D eigenvalue weighted by Gasteiger charge is 2.03. The largest absolute Gasteiger partial charge is 0.466 e. The Bertz CT molecular complexity index is 377. The van der Waals surface area contributed by atoms with Gasteiger partial charge in [-0.25, -0.2) is 0 Å². The number of esters is 2. The molecule has 0 unspecified atom stereocenters. The fourth-order valence-electron chi connectivity index (χ4n) is 2.74. The highest BCUT2D eigenvalue weighted by Crippen LogP contribution is 2.10. The SMILES string of the molecule is CCCCC/C=C/CCCOC(=O)CCCCCCCCC(=O)OCCC. The molecule has 0 saturated carbocycles. The number of allylic oxidation sites excluding steroid dienone is 2. The topological polar surface area (TPSA) is 52.6 Å². The van der Waals surface area contributed by atoms with Crippen molar-refractivity contribution in [2.24, 2.45) is 0 Å². The first-order valence-corrected chi connectivity index (χ1v) is 11.2. The summed E-state index contributed by atoms with van der Waals surface area (Å²) < 4.78 is 10.3. The van der Waals surface area contributed by atoms with Crippen LogP contribution in [-0.4, -0.2) is 25.2 Å². The van der Waals surface area contributed by atoms with Crippen molar-refractivity contribution in [3.63, 3.8) is 0 Å². The molecule has 0 radical (unpaired) electrons. The second-order valence-corrected chi connectivity index (χ2v) is 7.17. The van der Waals surface area contributed by atoms with Crippen LogP contribution in [0.4, 0.5) is 0 Å². The number of carbonyl (C=O) groups is 2. The Morgan fingerprint density at radius 1 is 0.593 bits per heavy atom. The lowest BCUT2D eigenvalue weighted by atomic mass is 10.1. The van der Waals surface area contributed by atoms with Crippen LogP contribution >= 0.6 is 0 Å². The van der Waals surface area contributed by atoms with Crippen LogP contribution in [0, 0.1) is 0 Å². The van der Waals surface area contributed by atoms with Gasteiger partial charge in [0.05, 0.1) is 13.2 Å². The minimum Gasteiger partial charge on any atom is -0.466 e. The first-order chi connectivity index (χ1) is 13.2. The van der Waals surface area contributed by atoms with Gasteiger partial charge in [0.2, 0.25) is 0 Å². The molecular weight excluding hydrogens is 340 g/mol. The molecule has 0 atom stereocenters. The molecule has 0 bridgehead atoms. The highest BCUT2D eigenvalue weighted by molar-refractivity contribution is 5.69. The average Bonchev–Trinajstić information content (AvgIpc) is 2.67. The Balaban J connectivity index is 3.29. The second-order valence-electron chi connectivity index (χ2n) is 7.17. The summed E-state index contributed by atoms with van der Waals surface area (Å²) in [5.41, 5.74) is 0. The van der Waals surface area contributed by atoms with Gasteiger partial charge >= 0.3 is 11.9 Å². The zero-order chi connectivity index (χ0) is 20.0. The van der Waals surface area contributed by atoms with Crippen LogP contribution in [0.15, 0.2) is 12.2 Å². The number of carbonyl (C=O) groups excluding carboxylic acids is 2. The lowest BCUT2D eigenvalue weighted by molar-refractivity contribution is -0.144. The monoisotopic (exact) mass is 382 g/mol. The minimum atomic E-state index is -0.0772. The lowest BCUT2D eigenvalue weighted by Crippen LogP contribution is -2.05. The first-order valence-electron chi connectivity index (χ1n) is 11.2. The summed E-state index contributed by atoms with van der Waals surface area (Å²) in [6.07, 6.45) is 19.4. The molecule has 0 heterocycles. The first kappa shape index (κ1) is 25.7. The fourth-order valence-corrected chi connectivity index (χ4v) is 2.74. The number of rotatable bonds is 19. The third-order valence-corrected chi connectivity index (χ3v) is 4.40. The summed E-state index contributed by atoms with van der Waals surface area (Å²) in [7, 11) is 0. The van der Waals surface area contributed by atoms with E-state index in [0.717, 1.165) is 64.2 Å². The van der Waals surface area contributed by atoms with Crippen LogP contribution in [0.3, 0.4) is 0 Å². The molecule has 0 aromatic carbocycles. The van der Waals surface area contributed by atoms with Crippen LogP contribution in [0.1, 0.15) is 110 Å². The van der Waals surface area contributed by atoms with E-state index in [0.29, 0.717) is 26.1 Å². The van der Waals surface area contributed by atoms with E-state index in [1.54, 1.807) is 0 Å². The van der Waals surface area contributed by atoms with Gasteiger partial charge in [-0.2, -0.15) is 0 Å². The molecule has 4 nitrogen and oxygen atoms in total. The summed E-state index contributed by atoms with van der Waals surface area (Å²) in [5.74, 6) is -0.146. The van der Waals surface area contributed by atoms with Crippen molar-refractivity contribution in [2.45, 2.75) is 110 Å². The van der Waals surface area contributed by atoms with Gasteiger partial charge in [-0.3, -0.25) is 9.59 Å². The molecule has 0 fully saturated rings. The zero-order valence-corrected chi connectivity index (χ0v) is 17.8. The van der Waals surface area contributed by atoms with Crippen LogP contribution in [0.2, 0.25) is 0 Å². The standard InChI is InChI=1S/C23H42O4/c1-3-5-6-7-8-11-14-17-21-27-23(25)19-16-13-10-9-12-15-18-22(24)26-20-4-2/h8,11H,3-7,9-10,12-21H2,1-2H3/b11-8+. The van der Waals surface area contributed by atoms with Crippen LogP contribution < -0.4 is 0 Å². The van der Waals surface area contributed by atoms with E-state index >= 15 is 0 Å². The van der Waals surface area contributed by atoms with E-state index in [4.69, 9.17) is 9.47 Å². The number of unbranched alkanes of at least 4 members (excludes halogenated alkanes) is 9. The molecule has 0 N–H and O–H groups in total. The van der Waals surface area contributed by atoms with Gasteiger partial charge in [0.15, 0.2) is 0 Å². The molecule has 0 spiro atoms. The molecule has 0 aliphatic rings. The molecule has 0 aliphatic carbocycles. The third kappa shape index (κ3) is 20.8. The molecule has 0 rings (SSSR count). The molecule has 4 heteroatoms. The molecule has 27 heavy (non-hydrogen) atoms. The normalized spacial score (nSPS) is 11.0. The maximum absolute atomic E-state index is 11.7. The maximum Gasteiger partial charge on any atom is 0.305 e. The summed E-state index contributed by atoms with van der Waals surface area (Å²) in [5, 5.41) is 0. The van der Waals surface area contributed by atoms with Crippen LogP contribution in [0.25, 0.3) is 0 Å². The van der Waals surface area contributed by atoms with Crippen molar-refractivity contribution in [1.82, 2.24) is 0 Å². The van der Waals surface area contributed by atoms with Crippen molar-refractivity contribution in [1.29, 1.82) is 0 Å². The lowest BCUT2D eigenvalue weighted by Gasteiger charge is -2.05. The Morgan fingerprint density at radius 2 is 1.11 bits per heavy atom. The van der Waals surface area contributed by atoms with E-state index in [1.807, 2.05) is 6.92 Å². The fraction of sp³-hybridized carbons (Fsp3) is 0.826. The van der Waals surface area contributed by atoms with Crippen molar-refractivity contribution in [3.05, 3.63) is 12.2 Å². The van der Waals surface area contributed by atoms with Gasteiger partial charge in [-0.1, -0.05) is 64.5 Å². The van der Waals surface area contributed by atoms with Crippen LogP contribution in [-0.2, 0) is 19.1 Å². The van der Waals surface area contributed by atoms with Gasteiger partial charge in [-0.05, 0) is 44.9 Å². The average molecular weight is 383 g/mol. The van der Waals surface area contributed by atoms with E-state index in [1.165, 1.54) is 19.3 Å². The molecular formula is C23H42O4. The second kappa shape index (κ2) is 21.0. The maximum atomic E-state index is 11.7. The van der Waals surface area contributed by atoms with Crippen LogP contribution in [0.5, 0.6) is 0 Å². The van der Waals surface area contributed by atoms with Crippen molar-refractivity contribution >= 4 is 11.9 Å². The van der Waals surface area contributed by atoms with Gasteiger partial charge in [0.25, 0.3) is 0 Å². The Kier molecular flexibility index (Phi) is 20.0. The van der Waals surface area contributed by atoms with Crippen molar-refractivity contribution in [3.8, 4) is 0 Å². The van der Waals surface area contributed by atoms with Crippen molar-refractivity contribution in [2.75, 3.05) is 13.2 Å². The quantitative estimate of drug-likeness (QED) is 0.145. The number of ether oxygens (including phenoxy) is 2. The van der Waals surface area contributed by atoms with Crippen molar-refractivity contribution < 1.29 is 19.1 Å². The molecule has 0 aromatic heterocycles. The van der Waals surface area contributed by atoms with E-state index < -0.39 is 0 Å². The number of hydrogen-bond donors (Lipinski definition) is 0. The number of hydrogen-bond acceptors (Lipinski definition) is 4. The zero-order valence-electron chi connectivity index (χ0n) is 17.8. The molecule has 158 valence electrons. The van der Waals surface area contributed by atoms with Gasteiger partial charge < -0.3 is 9.47 Å². The molecule has 0 aliphatic heterocycles. The van der Waals surface area contributed by atoms with Gasteiger partial charge in [-0.15, -0.1) is 0 Å². The predicted octanol–water partition coefficient (Wildman–Crippen LogP) is 6.52. The third-order valence-electron chi connectivity index (χ3n) is 4.40. The Labute approximate surface area is 167 Å².